The van der Waals surface area contributed by atoms with Crippen LogP contribution in [0.1, 0.15) is 20.8 Å². The molecule has 0 unspecified atom stereocenters. The van der Waals surface area contributed by atoms with Crippen molar-refractivity contribution in [3.63, 3.8) is 0 Å². The zero-order valence-corrected chi connectivity index (χ0v) is 10.7. The number of likely N-dealkylation sites (N-methyl/N-ethyl adjacent to an activating group) is 1. The van der Waals surface area contributed by atoms with Gasteiger partial charge in [-0.25, -0.2) is 0 Å². The Balaban J connectivity index is 0. The van der Waals surface area contributed by atoms with E-state index < -0.39 is 0 Å². The van der Waals surface area contributed by atoms with E-state index in [9.17, 15) is 0 Å². The summed E-state index contributed by atoms with van der Waals surface area (Å²) in [6, 6.07) is 0. The number of aliphatic imine (C=N–C) groups is 1. The summed E-state index contributed by atoms with van der Waals surface area (Å²) >= 11 is 0. The smallest absolute Gasteiger partial charge is 0.0637 e. The van der Waals surface area contributed by atoms with Crippen molar-refractivity contribution >= 4 is 6.72 Å². The molecule has 0 atom stereocenters. The van der Waals surface area contributed by atoms with Crippen LogP contribution in [0.3, 0.4) is 0 Å². The highest BCUT2D eigenvalue weighted by molar-refractivity contribution is 5.30. The summed E-state index contributed by atoms with van der Waals surface area (Å²) < 4.78 is 4.95. The van der Waals surface area contributed by atoms with Crippen LogP contribution in [0.15, 0.2) is 29.0 Å². The normalized spacial score (nSPS) is 10.1. The average molecular weight is 212 g/mol. The minimum atomic E-state index is 0.698. The summed E-state index contributed by atoms with van der Waals surface area (Å²) in [5.41, 5.74) is 1.79. The Bertz CT molecular complexity index is 210. The van der Waals surface area contributed by atoms with Gasteiger partial charge < -0.3 is 9.64 Å². The van der Waals surface area contributed by atoms with Crippen LogP contribution in [0.5, 0.6) is 0 Å². The molecule has 3 nitrogen and oxygen atoms in total. The van der Waals surface area contributed by atoms with E-state index in [0.717, 1.165) is 17.9 Å². The van der Waals surface area contributed by atoms with Crippen LogP contribution in [0.4, 0.5) is 0 Å². The minimum Gasteiger partial charge on any atom is -0.383 e. The van der Waals surface area contributed by atoms with E-state index in [2.05, 4.69) is 18.3 Å². The number of hydrogen-bond donors (Lipinski definition) is 0. The van der Waals surface area contributed by atoms with Gasteiger partial charge in [0.25, 0.3) is 0 Å². The number of hydrogen-bond acceptors (Lipinski definition) is 3. The van der Waals surface area contributed by atoms with Crippen LogP contribution in [0, 0.1) is 0 Å². The van der Waals surface area contributed by atoms with Gasteiger partial charge in [-0.15, -0.1) is 0 Å². The second-order valence-electron chi connectivity index (χ2n) is 2.85. The molecular weight excluding hydrogens is 188 g/mol. The van der Waals surface area contributed by atoms with Gasteiger partial charge in [0.1, 0.15) is 0 Å². The third-order valence-electron chi connectivity index (χ3n) is 1.75. The molecule has 0 saturated heterocycles. The van der Waals surface area contributed by atoms with Gasteiger partial charge >= 0.3 is 0 Å². The molecule has 0 amide bonds. The van der Waals surface area contributed by atoms with E-state index in [1.165, 1.54) is 0 Å². The van der Waals surface area contributed by atoms with Gasteiger partial charge in [-0.3, -0.25) is 4.99 Å². The molecule has 0 aliphatic heterocycles. The largest absolute Gasteiger partial charge is 0.383 e. The molecule has 15 heavy (non-hydrogen) atoms. The Morgan fingerprint density at radius 1 is 1.47 bits per heavy atom. The first-order valence-corrected chi connectivity index (χ1v) is 5.15. The highest BCUT2D eigenvalue weighted by Crippen LogP contribution is 2.04. The molecule has 3 heteroatoms. The molecule has 88 valence electrons. The van der Waals surface area contributed by atoms with Gasteiger partial charge in [-0.2, -0.15) is 0 Å². The first-order valence-electron chi connectivity index (χ1n) is 5.15. The number of nitrogens with zero attached hydrogens (tertiary/aromatic N) is 2. The van der Waals surface area contributed by atoms with E-state index in [4.69, 9.17) is 4.74 Å². The van der Waals surface area contributed by atoms with Crippen molar-refractivity contribution in [2.45, 2.75) is 20.8 Å². The maximum absolute atomic E-state index is 4.95. The van der Waals surface area contributed by atoms with Gasteiger partial charge in [0.2, 0.25) is 0 Å². The number of methoxy groups -OCH3 is 1. The van der Waals surface area contributed by atoms with Crippen LogP contribution in [0.2, 0.25) is 0 Å². The number of ether oxygens (including phenoxy) is 1. The minimum absolute atomic E-state index is 0.698. The molecule has 0 rings (SSSR count). The molecule has 0 heterocycles. The molecular formula is C12H24N2O. The van der Waals surface area contributed by atoms with Crippen molar-refractivity contribution in [1.82, 2.24) is 4.90 Å². The predicted octanol–water partition coefficient (Wildman–Crippen LogP) is 2.71. The lowest BCUT2D eigenvalue weighted by molar-refractivity contribution is 0.175. The summed E-state index contributed by atoms with van der Waals surface area (Å²) in [5, 5.41) is 0. The molecule has 0 aliphatic carbocycles. The van der Waals surface area contributed by atoms with Gasteiger partial charge in [-0.05, 0) is 19.7 Å². The van der Waals surface area contributed by atoms with Crippen LogP contribution < -0.4 is 0 Å². The van der Waals surface area contributed by atoms with E-state index >= 15 is 0 Å². The highest BCUT2D eigenvalue weighted by atomic mass is 16.5. The van der Waals surface area contributed by atoms with Crippen molar-refractivity contribution in [2.75, 3.05) is 27.3 Å². The Morgan fingerprint density at radius 3 is 2.40 bits per heavy atom. The van der Waals surface area contributed by atoms with Gasteiger partial charge in [0.05, 0.1) is 6.61 Å². The fraction of sp³-hybridized carbons (Fsp3) is 0.583. The molecule has 0 radical (unpaired) electrons. The first-order chi connectivity index (χ1) is 7.11. The molecule has 0 aromatic carbocycles. The topological polar surface area (TPSA) is 24.8 Å². The molecule has 0 aromatic rings. The lowest BCUT2D eigenvalue weighted by Gasteiger charge is -2.18. The second kappa shape index (κ2) is 11.0. The molecule has 0 spiro atoms. The summed E-state index contributed by atoms with van der Waals surface area (Å²) in [4.78, 5) is 5.80. The number of rotatable bonds is 6. The molecule has 0 aromatic heterocycles. The fourth-order valence-corrected chi connectivity index (χ4v) is 0.769. The maximum Gasteiger partial charge on any atom is 0.0637 e. The third kappa shape index (κ3) is 9.22. The van der Waals surface area contributed by atoms with Gasteiger partial charge in [0, 0.05) is 32.1 Å². The van der Waals surface area contributed by atoms with Crippen molar-refractivity contribution in [1.29, 1.82) is 0 Å². The average Bonchev–Trinajstić information content (AvgIpc) is 2.28. The molecule has 0 fully saturated rings. The highest BCUT2D eigenvalue weighted by Gasteiger charge is 1.98. The van der Waals surface area contributed by atoms with Crippen LogP contribution in [-0.2, 0) is 4.74 Å². The Hall–Kier alpha value is -1.09. The fourth-order valence-electron chi connectivity index (χ4n) is 0.769. The molecule has 0 bridgehead atoms. The summed E-state index contributed by atoms with van der Waals surface area (Å²) in [7, 11) is 3.65. The lowest BCUT2D eigenvalue weighted by atomic mass is 10.3. The van der Waals surface area contributed by atoms with E-state index in [1.54, 1.807) is 7.11 Å². The van der Waals surface area contributed by atoms with E-state index in [0.29, 0.717) is 6.61 Å². The van der Waals surface area contributed by atoms with E-state index in [-0.39, 0.29) is 0 Å². The third-order valence-corrected chi connectivity index (χ3v) is 1.75. The summed E-state index contributed by atoms with van der Waals surface area (Å²) in [6.45, 7) is 14.8. The molecule has 0 aliphatic rings. The summed E-state index contributed by atoms with van der Waals surface area (Å²) in [5.74, 6) is 0. The summed E-state index contributed by atoms with van der Waals surface area (Å²) in [6.07, 6.45) is 1.89. The Morgan fingerprint density at radius 2 is 2.00 bits per heavy atom. The molecule has 0 saturated carbocycles. The van der Waals surface area contributed by atoms with Crippen LogP contribution in [-0.4, -0.2) is 38.9 Å². The SMILES string of the molecule is C=N/C(C)=C\C(=C)N(C)CCOC.CC. The Kier molecular flexibility index (Phi) is 12.0. The second-order valence-corrected chi connectivity index (χ2v) is 2.85. The van der Waals surface area contributed by atoms with E-state index in [1.807, 2.05) is 38.8 Å². The van der Waals surface area contributed by atoms with Crippen molar-refractivity contribution in [3.8, 4) is 0 Å². The predicted molar refractivity (Wildman–Crippen MR) is 68.3 cm³/mol. The van der Waals surface area contributed by atoms with Crippen molar-refractivity contribution < 1.29 is 4.74 Å². The van der Waals surface area contributed by atoms with Crippen molar-refractivity contribution in [2.24, 2.45) is 4.99 Å². The standard InChI is InChI=1S/C10H18N2O.C2H6/c1-9(11-3)8-10(2)12(4)6-7-13-5;1-2/h8H,2-3,6-7H2,1,4-5H3;1-2H3/b9-8-;. The Labute approximate surface area is 94.1 Å². The maximum atomic E-state index is 4.95. The van der Waals surface area contributed by atoms with Crippen LogP contribution in [0.25, 0.3) is 0 Å². The van der Waals surface area contributed by atoms with Crippen LogP contribution >= 0.6 is 0 Å². The monoisotopic (exact) mass is 212 g/mol. The quantitative estimate of drug-likeness (QED) is 0.499. The van der Waals surface area contributed by atoms with Gasteiger partial charge in [0.15, 0.2) is 0 Å². The molecule has 0 N–H and O–H groups in total. The van der Waals surface area contributed by atoms with Gasteiger partial charge in [-0.1, -0.05) is 20.4 Å². The van der Waals surface area contributed by atoms with Crippen molar-refractivity contribution in [3.05, 3.63) is 24.0 Å². The lowest BCUT2D eigenvalue weighted by Crippen LogP contribution is -2.20. The number of allylic oxidation sites excluding steroid dienone is 2. The zero-order valence-electron chi connectivity index (χ0n) is 10.7. The zero-order chi connectivity index (χ0) is 12.3. The first kappa shape index (κ1) is 16.3.